The summed E-state index contributed by atoms with van der Waals surface area (Å²) in [4.78, 5) is 39.2. The zero-order chi connectivity index (χ0) is 26.0. The maximum Gasteiger partial charge on any atom is 0.335 e. The summed E-state index contributed by atoms with van der Waals surface area (Å²) in [5.41, 5.74) is 3.30. The van der Waals surface area contributed by atoms with E-state index in [1.54, 1.807) is 42.5 Å². The van der Waals surface area contributed by atoms with Crippen LogP contribution in [0.1, 0.15) is 22.3 Å². The minimum absolute atomic E-state index is 0.170. The fourth-order valence-corrected chi connectivity index (χ4v) is 4.20. The summed E-state index contributed by atoms with van der Waals surface area (Å²) >= 11 is 3.45. The highest BCUT2D eigenvalue weighted by atomic mass is 79.9. The number of hydrogen-bond acceptors (Lipinski definition) is 5. The van der Waals surface area contributed by atoms with Crippen LogP contribution in [0.15, 0.2) is 64.6 Å². The third-order valence-corrected chi connectivity index (χ3v) is 6.30. The van der Waals surface area contributed by atoms with E-state index in [9.17, 15) is 18.8 Å². The Morgan fingerprint density at radius 3 is 2.39 bits per heavy atom. The summed E-state index contributed by atoms with van der Waals surface area (Å²) in [5.74, 6) is -1.12. The van der Waals surface area contributed by atoms with Crippen LogP contribution in [0.5, 0.6) is 11.5 Å². The van der Waals surface area contributed by atoms with Crippen LogP contribution in [-0.4, -0.2) is 25.0 Å². The molecule has 1 heterocycles. The summed E-state index contributed by atoms with van der Waals surface area (Å²) in [7, 11) is 1.46. The number of urea groups is 1. The lowest BCUT2D eigenvalue weighted by Crippen LogP contribution is -2.54. The largest absolute Gasteiger partial charge is 0.493 e. The highest BCUT2D eigenvalue weighted by molar-refractivity contribution is 9.10. The number of barbiturate groups is 1. The number of carbonyl (C=O) groups excluding carboxylic acids is 3. The number of imide groups is 2. The van der Waals surface area contributed by atoms with Crippen molar-refractivity contribution in [2.75, 3.05) is 12.0 Å². The van der Waals surface area contributed by atoms with Gasteiger partial charge in [-0.2, -0.15) is 0 Å². The summed E-state index contributed by atoms with van der Waals surface area (Å²) in [6, 6.07) is 13.5. The average molecular weight is 553 g/mol. The van der Waals surface area contributed by atoms with Gasteiger partial charge in [-0.1, -0.05) is 18.2 Å². The first-order valence-corrected chi connectivity index (χ1v) is 11.7. The van der Waals surface area contributed by atoms with Crippen LogP contribution < -0.4 is 19.7 Å². The van der Waals surface area contributed by atoms with Gasteiger partial charge in [-0.05, 0) is 94.5 Å². The molecule has 0 radical (unpaired) electrons. The van der Waals surface area contributed by atoms with E-state index in [0.29, 0.717) is 27.2 Å². The van der Waals surface area contributed by atoms with Crippen molar-refractivity contribution in [2.45, 2.75) is 20.5 Å². The number of nitrogens with zero attached hydrogens (tertiary/aromatic N) is 1. The van der Waals surface area contributed by atoms with E-state index in [2.05, 4.69) is 21.2 Å². The highest BCUT2D eigenvalue weighted by Crippen LogP contribution is 2.38. The first-order valence-electron chi connectivity index (χ1n) is 10.9. The van der Waals surface area contributed by atoms with Crippen LogP contribution in [0.3, 0.4) is 0 Å². The van der Waals surface area contributed by atoms with Gasteiger partial charge in [-0.3, -0.25) is 14.9 Å². The fraction of sp³-hybridized carbons (Fsp3) is 0.148. The topological polar surface area (TPSA) is 84.9 Å². The number of benzene rings is 3. The maximum atomic E-state index is 13.2. The lowest BCUT2D eigenvalue weighted by Gasteiger charge is -2.27. The molecular formula is C27H22BrFN2O5. The molecule has 184 valence electrons. The van der Waals surface area contributed by atoms with Gasteiger partial charge in [-0.25, -0.2) is 14.1 Å². The second-order valence-electron chi connectivity index (χ2n) is 8.18. The van der Waals surface area contributed by atoms with E-state index in [1.807, 2.05) is 13.8 Å². The zero-order valence-corrected chi connectivity index (χ0v) is 21.3. The van der Waals surface area contributed by atoms with E-state index in [-0.39, 0.29) is 18.0 Å². The van der Waals surface area contributed by atoms with Gasteiger partial charge >= 0.3 is 6.03 Å². The number of methoxy groups -OCH3 is 1. The number of halogens is 2. The van der Waals surface area contributed by atoms with Crippen molar-refractivity contribution >= 4 is 45.5 Å². The Labute approximate surface area is 215 Å². The Morgan fingerprint density at radius 2 is 1.72 bits per heavy atom. The van der Waals surface area contributed by atoms with Gasteiger partial charge in [0.2, 0.25) is 0 Å². The fourth-order valence-electron chi connectivity index (χ4n) is 3.62. The predicted molar refractivity (Wildman–Crippen MR) is 136 cm³/mol. The van der Waals surface area contributed by atoms with E-state index in [4.69, 9.17) is 9.47 Å². The summed E-state index contributed by atoms with van der Waals surface area (Å²) in [6.07, 6.45) is 1.38. The van der Waals surface area contributed by atoms with E-state index < -0.39 is 17.8 Å². The zero-order valence-electron chi connectivity index (χ0n) is 19.7. The minimum atomic E-state index is -0.811. The number of carbonyl (C=O) groups is 3. The number of nitrogens with one attached hydrogen (secondary N) is 1. The SMILES string of the molecule is COc1cc(/C=C2\C(=O)NC(=O)N(c3ccc(C)c(C)c3)C2=O)cc(Br)c1OCc1ccc(F)cc1. The van der Waals surface area contributed by atoms with Gasteiger partial charge in [0.1, 0.15) is 18.0 Å². The third kappa shape index (κ3) is 5.16. The number of anilines is 1. The van der Waals surface area contributed by atoms with Crippen molar-refractivity contribution < 1.29 is 28.2 Å². The van der Waals surface area contributed by atoms with E-state index >= 15 is 0 Å². The molecule has 0 atom stereocenters. The van der Waals surface area contributed by atoms with Gasteiger partial charge in [-0.15, -0.1) is 0 Å². The van der Waals surface area contributed by atoms with Gasteiger partial charge < -0.3 is 9.47 Å². The quantitative estimate of drug-likeness (QED) is 0.324. The Bertz CT molecular complexity index is 1400. The first-order chi connectivity index (χ1) is 17.2. The summed E-state index contributed by atoms with van der Waals surface area (Å²) in [6.45, 7) is 3.96. The molecule has 4 amide bonds. The number of hydrogen-bond donors (Lipinski definition) is 1. The Hall–Kier alpha value is -3.98. The maximum absolute atomic E-state index is 13.2. The average Bonchev–Trinajstić information content (AvgIpc) is 2.84. The molecule has 0 aliphatic carbocycles. The smallest absolute Gasteiger partial charge is 0.335 e. The summed E-state index contributed by atoms with van der Waals surface area (Å²) < 4.78 is 25.0. The molecule has 1 saturated heterocycles. The van der Waals surface area contributed by atoms with Crippen LogP contribution in [0.25, 0.3) is 6.08 Å². The van der Waals surface area contributed by atoms with Crippen LogP contribution in [0, 0.1) is 19.7 Å². The molecule has 0 bridgehead atoms. The van der Waals surface area contributed by atoms with Gasteiger partial charge in [0.15, 0.2) is 11.5 Å². The Balaban J connectivity index is 1.64. The van der Waals surface area contributed by atoms with Crippen LogP contribution in [0.4, 0.5) is 14.9 Å². The van der Waals surface area contributed by atoms with Crippen molar-refractivity contribution in [2.24, 2.45) is 0 Å². The molecule has 7 nitrogen and oxygen atoms in total. The molecule has 4 rings (SSSR count). The molecule has 0 aromatic heterocycles. The van der Waals surface area contributed by atoms with Crippen molar-refractivity contribution in [1.82, 2.24) is 5.32 Å². The van der Waals surface area contributed by atoms with E-state index in [0.717, 1.165) is 21.6 Å². The standard InChI is InChI=1S/C27H22BrFN2O5/c1-15-4-9-20(10-16(15)2)31-26(33)21(25(32)30-27(31)34)11-18-12-22(28)24(23(13-18)35-3)36-14-17-5-7-19(29)8-6-17/h4-13H,14H2,1-3H3,(H,30,32,34)/b21-11+. The molecule has 1 aliphatic heterocycles. The molecular weight excluding hydrogens is 531 g/mol. The van der Waals surface area contributed by atoms with Gasteiger partial charge in [0, 0.05) is 0 Å². The number of amides is 4. The van der Waals surface area contributed by atoms with E-state index in [1.165, 1.54) is 25.3 Å². The molecule has 1 fully saturated rings. The molecule has 0 unspecified atom stereocenters. The molecule has 36 heavy (non-hydrogen) atoms. The lowest BCUT2D eigenvalue weighted by atomic mass is 10.0. The van der Waals surface area contributed by atoms with Gasteiger partial charge in [0.25, 0.3) is 11.8 Å². The number of aryl methyl sites for hydroxylation is 2. The predicted octanol–water partition coefficient (Wildman–Crippen LogP) is 5.46. The molecule has 3 aromatic carbocycles. The minimum Gasteiger partial charge on any atom is -0.493 e. The normalized spacial score (nSPS) is 14.8. The molecule has 0 spiro atoms. The van der Waals surface area contributed by atoms with Gasteiger partial charge in [0.05, 0.1) is 17.3 Å². The molecule has 1 aliphatic rings. The molecule has 1 N–H and O–H groups in total. The Kier molecular flexibility index (Phi) is 7.21. The summed E-state index contributed by atoms with van der Waals surface area (Å²) in [5, 5.41) is 2.22. The molecule has 3 aromatic rings. The lowest BCUT2D eigenvalue weighted by molar-refractivity contribution is -0.122. The van der Waals surface area contributed by atoms with Crippen LogP contribution in [-0.2, 0) is 16.2 Å². The first kappa shape index (κ1) is 25.1. The van der Waals surface area contributed by atoms with Crippen molar-refractivity contribution in [3.05, 3.63) is 92.7 Å². The van der Waals surface area contributed by atoms with Crippen LogP contribution >= 0.6 is 15.9 Å². The molecule has 0 saturated carbocycles. The monoisotopic (exact) mass is 552 g/mol. The molecule has 9 heteroatoms. The second-order valence-corrected chi connectivity index (χ2v) is 9.03. The van der Waals surface area contributed by atoms with Crippen molar-refractivity contribution in [1.29, 1.82) is 0 Å². The van der Waals surface area contributed by atoms with Crippen molar-refractivity contribution in [3.63, 3.8) is 0 Å². The highest BCUT2D eigenvalue weighted by Gasteiger charge is 2.37. The second kappa shape index (κ2) is 10.3. The third-order valence-electron chi connectivity index (χ3n) is 5.71. The number of rotatable bonds is 6. The van der Waals surface area contributed by atoms with Crippen LogP contribution in [0.2, 0.25) is 0 Å². The van der Waals surface area contributed by atoms with Crippen molar-refractivity contribution in [3.8, 4) is 11.5 Å². The number of ether oxygens (including phenoxy) is 2. The Morgan fingerprint density at radius 1 is 1.00 bits per heavy atom.